The minimum absolute atomic E-state index is 0. The van der Waals surface area contributed by atoms with Gasteiger partial charge in [0.2, 0.25) is 0 Å². The molecule has 2 aromatic rings. The van der Waals surface area contributed by atoms with Gasteiger partial charge in [-0.25, -0.2) is 0 Å². The molecule has 0 bridgehead atoms. The number of nitrogens with two attached hydrogens (primary N) is 1. The van der Waals surface area contributed by atoms with Crippen molar-refractivity contribution >= 4 is 42.1 Å². The number of amides is 1. The van der Waals surface area contributed by atoms with E-state index < -0.39 is 0 Å². The average molecular weight is 426 g/mol. The van der Waals surface area contributed by atoms with E-state index in [9.17, 15) is 4.79 Å². The van der Waals surface area contributed by atoms with Gasteiger partial charge in [-0.1, -0.05) is 26.0 Å². The van der Waals surface area contributed by atoms with Gasteiger partial charge in [0.25, 0.3) is 5.91 Å². The van der Waals surface area contributed by atoms with Gasteiger partial charge in [0, 0.05) is 25.2 Å². The third kappa shape index (κ3) is 6.59. The Balaban J connectivity index is 0.00000196. The van der Waals surface area contributed by atoms with Crippen LogP contribution in [0.4, 0.5) is 11.4 Å². The van der Waals surface area contributed by atoms with Crippen molar-refractivity contribution in [2.24, 2.45) is 5.92 Å². The van der Waals surface area contributed by atoms with Crippen molar-refractivity contribution in [2.45, 2.75) is 26.4 Å². The number of nitrogens with zero attached hydrogens (tertiary/aromatic N) is 1. The molecular weight excluding hydrogens is 397 g/mol. The molecule has 0 spiro atoms. The van der Waals surface area contributed by atoms with Gasteiger partial charge in [0.15, 0.2) is 0 Å². The van der Waals surface area contributed by atoms with Crippen LogP contribution in [0, 0.1) is 5.92 Å². The van der Waals surface area contributed by atoms with Crippen LogP contribution >= 0.6 is 24.8 Å². The van der Waals surface area contributed by atoms with Crippen LogP contribution in [0.5, 0.6) is 5.75 Å². The molecule has 2 aromatic carbocycles. The summed E-state index contributed by atoms with van der Waals surface area (Å²) in [4.78, 5) is 14.8. The first-order valence-electron chi connectivity index (χ1n) is 9.16. The lowest BCUT2D eigenvalue weighted by atomic mass is 10.2. The Bertz CT molecular complexity index is 754. The third-order valence-electron chi connectivity index (χ3n) is 4.48. The summed E-state index contributed by atoms with van der Waals surface area (Å²) in [6.45, 7) is 7.64. The standard InChI is InChI=1S/C21H27N3O2.2ClH/c1-15(2)13-24-12-11-18(14-24)26-17-9-7-16(8-10-17)21(25)23-20-6-4-3-5-19(20)22;;/h3-10,15,18H,11-14,22H2,1-2H3,(H,23,25);2*1H/t18-;;/m1../s1. The number of hydrogen-bond donors (Lipinski definition) is 2. The number of carbonyl (C=O) groups is 1. The number of hydrogen-bond acceptors (Lipinski definition) is 4. The molecule has 3 N–H and O–H groups in total. The highest BCUT2D eigenvalue weighted by molar-refractivity contribution is 6.05. The first-order chi connectivity index (χ1) is 12.5. The second-order valence-electron chi connectivity index (χ2n) is 7.25. The van der Waals surface area contributed by atoms with Crippen molar-refractivity contribution in [3.63, 3.8) is 0 Å². The predicted octanol–water partition coefficient (Wildman–Crippen LogP) is 4.47. The third-order valence-corrected chi connectivity index (χ3v) is 4.48. The zero-order valence-electron chi connectivity index (χ0n) is 16.3. The summed E-state index contributed by atoms with van der Waals surface area (Å²) in [6.07, 6.45) is 1.26. The van der Waals surface area contributed by atoms with Gasteiger partial charge in [-0.15, -0.1) is 24.8 Å². The van der Waals surface area contributed by atoms with Crippen LogP contribution in [-0.2, 0) is 0 Å². The molecule has 154 valence electrons. The molecule has 0 unspecified atom stereocenters. The number of benzene rings is 2. The maximum atomic E-state index is 12.4. The van der Waals surface area contributed by atoms with E-state index in [4.69, 9.17) is 10.5 Å². The quantitative estimate of drug-likeness (QED) is 0.669. The largest absolute Gasteiger partial charge is 0.489 e. The van der Waals surface area contributed by atoms with Crippen molar-refractivity contribution in [1.29, 1.82) is 0 Å². The molecule has 3 rings (SSSR count). The molecular formula is C21H29Cl2N3O2. The monoisotopic (exact) mass is 425 g/mol. The zero-order valence-corrected chi connectivity index (χ0v) is 17.9. The van der Waals surface area contributed by atoms with Gasteiger partial charge >= 0.3 is 0 Å². The fraction of sp³-hybridized carbons (Fsp3) is 0.381. The second-order valence-corrected chi connectivity index (χ2v) is 7.25. The van der Waals surface area contributed by atoms with E-state index in [1.54, 1.807) is 24.3 Å². The summed E-state index contributed by atoms with van der Waals surface area (Å²) in [7, 11) is 0. The van der Waals surface area contributed by atoms with Gasteiger partial charge in [-0.2, -0.15) is 0 Å². The lowest BCUT2D eigenvalue weighted by Crippen LogP contribution is -2.28. The van der Waals surface area contributed by atoms with E-state index in [1.807, 2.05) is 24.3 Å². The Hall–Kier alpha value is -1.95. The molecule has 1 aliphatic heterocycles. The van der Waals surface area contributed by atoms with Crippen LogP contribution in [0.1, 0.15) is 30.6 Å². The van der Waals surface area contributed by atoms with Crippen LogP contribution in [0.25, 0.3) is 0 Å². The molecule has 0 aliphatic carbocycles. The Kier molecular flexibility index (Phi) is 9.59. The van der Waals surface area contributed by atoms with Gasteiger partial charge in [0.05, 0.1) is 11.4 Å². The first kappa shape index (κ1) is 24.1. The minimum Gasteiger partial charge on any atom is -0.489 e. The number of ether oxygens (including phenoxy) is 1. The molecule has 1 saturated heterocycles. The molecule has 0 radical (unpaired) electrons. The van der Waals surface area contributed by atoms with E-state index in [0.717, 1.165) is 31.8 Å². The minimum atomic E-state index is -0.182. The molecule has 1 aliphatic rings. The van der Waals surface area contributed by atoms with Gasteiger partial charge < -0.3 is 15.8 Å². The predicted molar refractivity (Wildman–Crippen MR) is 120 cm³/mol. The summed E-state index contributed by atoms with van der Waals surface area (Å²) >= 11 is 0. The maximum absolute atomic E-state index is 12.4. The van der Waals surface area contributed by atoms with Crippen LogP contribution in [0.15, 0.2) is 48.5 Å². The highest BCUT2D eigenvalue weighted by Crippen LogP contribution is 2.21. The topological polar surface area (TPSA) is 67.6 Å². The molecule has 28 heavy (non-hydrogen) atoms. The van der Waals surface area contributed by atoms with Crippen LogP contribution in [0.2, 0.25) is 0 Å². The molecule has 1 atom stereocenters. The van der Waals surface area contributed by atoms with E-state index in [-0.39, 0.29) is 36.8 Å². The second kappa shape index (κ2) is 11.1. The van der Waals surface area contributed by atoms with Crippen molar-refractivity contribution in [2.75, 3.05) is 30.7 Å². The normalized spacial score (nSPS) is 16.2. The summed E-state index contributed by atoms with van der Waals surface area (Å²) < 4.78 is 6.07. The van der Waals surface area contributed by atoms with Crippen molar-refractivity contribution in [3.05, 3.63) is 54.1 Å². The number of nitrogen functional groups attached to an aromatic ring is 1. The Labute approximate surface area is 179 Å². The smallest absolute Gasteiger partial charge is 0.255 e. The number of likely N-dealkylation sites (tertiary alicyclic amines) is 1. The lowest BCUT2D eigenvalue weighted by Gasteiger charge is -2.18. The van der Waals surface area contributed by atoms with Crippen LogP contribution in [-0.4, -0.2) is 36.5 Å². The fourth-order valence-electron chi connectivity index (χ4n) is 3.26. The highest BCUT2D eigenvalue weighted by Gasteiger charge is 2.24. The number of rotatable bonds is 6. The molecule has 1 fully saturated rings. The van der Waals surface area contributed by atoms with Crippen molar-refractivity contribution < 1.29 is 9.53 Å². The summed E-state index contributed by atoms with van der Waals surface area (Å²) in [5.41, 5.74) is 7.61. The summed E-state index contributed by atoms with van der Waals surface area (Å²) in [6, 6.07) is 14.5. The van der Waals surface area contributed by atoms with Crippen LogP contribution in [0.3, 0.4) is 0 Å². The fourth-order valence-corrected chi connectivity index (χ4v) is 3.26. The number of para-hydroxylation sites is 2. The van der Waals surface area contributed by atoms with Gasteiger partial charge in [-0.3, -0.25) is 9.69 Å². The zero-order chi connectivity index (χ0) is 18.5. The van der Waals surface area contributed by atoms with Crippen LogP contribution < -0.4 is 15.8 Å². The molecule has 5 nitrogen and oxygen atoms in total. The van der Waals surface area contributed by atoms with E-state index in [0.29, 0.717) is 22.9 Å². The van der Waals surface area contributed by atoms with Crippen molar-refractivity contribution in [1.82, 2.24) is 4.90 Å². The average Bonchev–Trinajstić information content (AvgIpc) is 3.03. The lowest BCUT2D eigenvalue weighted by molar-refractivity contribution is 0.102. The Morgan fingerprint density at radius 2 is 1.86 bits per heavy atom. The number of nitrogens with one attached hydrogen (secondary N) is 1. The van der Waals surface area contributed by atoms with E-state index in [2.05, 4.69) is 24.1 Å². The molecule has 1 heterocycles. The maximum Gasteiger partial charge on any atom is 0.255 e. The Morgan fingerprint density at radius 3 is 2.50 bits per heavy atom. The molecule has 0 saturated carbocycles. The molecule has 7 heteroatoms. The number of carbonyl (C=O) groups excluding carboxylic acids is 1. The Morgan fingerprint density at radius 1 is 1.18 bits per heavy atom. The SMILES string of the molecule is CC(C)CN1CC[C@@H](Oc2ccc(C(=O)Nc3ccccc3N)cc2)C1.Cl.Cl. The van der Waals surface area contributed by atoms with Gasteiger partial charge in [-0.05, 0) is 48.7 Å². The van der Waals surface area contributed by atoms with E-state index in [1.165, 1.54) is 0 Å². The summed E-state index contributed by atoms with van der Waals surface area (Å²) in [5.74, 6) is 1.29. The molecule has 0 aromatic heterocycles. The highest BCUT2D eigenvalue weighted by atomic mass is 35.5. The number of anilines is 2. The number of halogens is 2. The van der Waals surface area contributed by atoms with E-state index >= 15 is 0 Å². The van der Waals surface area contributed by atoms with Crippen molar-refractivity contribution in [3.8, 4) is 5.75 Å². The van der Waals surface area contributed by atoms with Gasteiger partial charge in [0.1, 0.15) is 11.9 Å². The first-order valence-corrected chi connectivity index (χ1v) is 9.16. The summed E-state index contributed by atoms with van der Waals surface area (Å²) in [5, 5.41) is 2.83. The molecule has 1 amide bonds.